The molecule has 9 heteroatoms. The van der Waals surface area contributed by atoms with E-state index in [0.717, 1.165) is 88.5 Å². The number of aliphatic carboxylic acids is 1. The summed E-state index contributed by atoms with van der Waals surface area (Å²) in [5.41, 5.74) is 12.2. The predicted molar refractivity (Wildman–Crippen MR) is 191 cm³/mol. The van der Waals surface area contributed by atoms with E-state index in [1.807, 2.05) is 25.1 Å². The Kier molecular flexibility index (Phi) is 7.96. The summed E-state index contributed by atoms with van der Waals surface area (Å²) in [6.07, 6.45) is 7.86. The molecule has 0 radical (unpaired) electrons. The van der Waals surface area contributed by atoms with Gasteiger partial charge in [0.15, 0.2) is 0 Å². The zero-order valence-corrected chi connectivity index (χ0v) is 28.5. The van der Waals surface area contributed by atoms with Gasteiger partial charge in [-0.15, -0.1) is 0 Å². The van der Waals surface area contributed by atoms with Crippen molar-refractivity contribution in [2.45, 2.75) is 104 Å². The number of pyridine rings is 1. The van der Waals surface area contributed by atoms with Crippen molar-refractivity contribution >= 4 is 45.0 Å². The third kappa shape index (κ3) is 4.93. The lowest BCUT2D eigenvalue weighted by atomic mass is 9.85. The molecular weight excluding hydrogens is 602 g/mol. The van der Waals surface area contributed by atoms with E-state index in [2.05, 4.69) is 50.3 Å². The number of rotatable bonds is 6. The van der Waals surface area contributed by atoms with E-state index in [0.29, 0.717) is 34.3 Å². The van der Waals surface area contributed by atoms with Gasteiger partial charge >= 0.3 is 5.97 Å². The molecular formula is C39H45N5O4. The van der Waals surface area contributed by atoms with E-state index in [9.17, 15) is 20.1 Å². The van der Waals surface area contributed by atoms with Crippen LogP contribution in [0.1, 0.15) is 116 Å². The molecule has 1 saturated carbocycles. The summed E-state index contributed by atoms with van der Waals surface area (Å²) in [7, 11) is 0. The Labute approximate surface area is 280 Å². The maximum atomic E-state index is 12.2. The van der Waals surface area contributed by atoms with Crippen LogP contribution in [-0.2, 0) is 11.2 Å². The minimum absolute atomic E-state index is 0.0174. The van der Waals surface area contributed by atoms with Gasteiger partial charge in [0.25, 0.3) is 0 Å². The Hall–Kier alpha value is -4.79. The van der Waals surface area contributed by atoms with Crippen LogP contribution in [0, 0.1) is 20.8 Å². The number of hydrogen-bond donors (Lipinski definition) is 5. The molecule has 48 heavy (non-hydrogen) atoms. The quantitative estimate of drug-likeness (QED) is 0.124. The highest BCUT2D eigenvalue weighted by Gasteiger charge is 2.36. The predicted octanol–water partition coefficient (Wildman–Crippen LogP) is 9.30. The normalized spacial score (nSPS) is 17.9. The molecule has 250 valence electrons. The minimum atomic E-state index is -0.878. The van der Waals surface area contributed by atoms with E-state index >= 15 is 0 Å². The van der Waals surface area contributed by atoms with Gasteiger partial charge in [-0.25, -0.2) is 4.98 Å². The molecule has 1 aliphatic carbocycles. The van der Waals surface area contributed by atoms with Crippen molar-refractivity contribution in [1.82, 2.24) is 24.5 Å². The maximum absolute atomic E-state index is 12.2. The first-order valence-corrected chi connectivity index (χ1v) is 17.3. The van der Waals surface area contributed by atoms with Gasteiger partial charge in [0.1, 0.15) is 0 Å². The molecule has 4 aliphatic rings. The Bertz CT molecular complexity index is 2200. The van der Waals surface area contributed by atoms with Gasteiger partial charge in [-0.3, -0.25) is 14.3 Å². The third-order valence-electron chi connectivity index (χ3n) is 11.1. The van der Waals surface area contributed by atoms with Crippen LogP contribution in [0.5, 0.6) is 11.8 Å². The summed E-state index contributed by atoms with van der Waals surface area (Å²) in [6.45, 7) is 14.5. The molecule has 8 bridgehead atoms. The van der Waals surface area contributed by atoms with E-state index in [-0.39, 0.29) is 36.1 Å². The lowest BCUT2D eigenvalue weighted by Gasteiger charge is -2.29. The molecule has 9 nitrogen and oxygen atoms in total. The van der Waals surface area contributed by atoms with Crippen molar-refractivity contribution < 1.29 is 20.1 Å². The SMILES string of the molecule is C=Cc1c(C)c2cc3nc(c4c5nc(cc6[nH]c(cc1[nH]2)c(C)c6CC)c(C)c-5c(O)n(C1CCCCC1)c4O)[C@@H](CCC(=O)O)[C@@H]3C. The average Bonchev–Trinajstić information content (AvgIpc) is 3.73. The second-order valence-corrected chi connectivity index (χ2v) is 13.8. The van der Waals surface area contributed by atoms with Crippen molar-refractivity contribution in [1.29, 1.82) is 0 Å². The van der Waals surface area contributed by atoms with Gasteiger partial charge in [-0.2, -0.15) is 0 Å². The molecule has 7 rings (SSSR count). The second kappa shape index (κ2) is 12.0. The van der Waals surface area contributed by atoms with Crippen molar-refractivity contribution in [3.05, 3.63) is 64.0 Å². The molecule has 3 aliphatic heterocycles. The number of carboxylic acids is 1. The molecule has 0 spiro atoms. The first kappa shape index (κ1) is 31.8. The fourth-order valence-corrected chi connectivity index (χ4v) is 8.37. The first-order chi connectivity index (χ1) is 23.0. The van der Waals surface area contributed by atoms with Gasteiger partial charge in [-0.05, 0) is 86.9 Å². The van der Waals surface area contributed by atoms with Gasteiger partial charge in [0.05, 0.1) is 27.9 Å². The van der Waals surface area contributed by atoms with Gasteiger partial charge in [0, 0.05) is 57.6 Å². The third-order valence-corrected chi connectivity index (χ3v) is 11.1. The fourth-order valence-electron chi connectivity index (χ4n) is 8.37. The molecule has 5 N–H and O–H groups in total. The number of hydrogen-bond acceptors (Lipinski definition) is 5. The number of aromatic amines is 2. The van der Waals surface area contributed by atoms with Crippen molar-refractivity contribution in [3.63, 3.8) is 0 Å². The monoisotopic (exact) mass is 647 g/mol. The first-order valence-electron chi connectivity index (χ1n) is 17.3. The average molecular weight is 648 g/mol. The van der Waals surface area contributed by atoms with Gasteiger partial charge in [-0.1, -0.05) is 45.8 Å². The van der Waals surface area contributed by atoms with E-state index in [1.54, 1.807) is 4.57 Å². The van der Waals surface area contributed by atoms with Crippen molar-refractivity contribution in [2.75, 3.05) is 0 Å². The van der Waals surface area contributed by atoms with Crippen LogP contribution in [0.2, 0.25) is 0 Å². The van der Waals surface area contributed by atoms with E-state index < -0.39 is 5.97 Å². The summed E-state index contributed by atoms with van der Waals surface area (Å²) < 4.78 is 1.70. The number of aryl methyl sites for hydroxylation is 4. The standard InChI is InChI=1S/C39H45N5O4/c1-7-24-19(3)27-16-29-21(5)26(14-15-33(45)46)36(42-29)35-37-34(38(47)44(39(35)48)23-12-10-9-11-13-23)22(6)30(43-37)18-32-25(8-2)20(4)28(41-32)17-31(24)40-27/h7,16-18,21,23,26,40-41,47-48H,1,8-15H2,2-6H3,(H,45,46)/t21-,26-/m0/s1. The molecule has 0 amide bonds. The van der Waals surface area contributed by atoms with Crippen molar-refractivity contribution in [2.24, 2.45) is 0 Å². The topological polar surface area (TPSA) is 140 Å². The summed E-state index contributed by atoms with van der Waals surface area (Å²) in [4.78, 5) is 29.5. The molecule has 0 saturated heterocycles. The Morgan fingerprint density at radius 3 is 2.35 bits per heavy atom. The lowest BCUT2D eigenvalue weighted by molar-refractivity contribution is -0.137. The smallest absolute Gasteiger partial charge is 0.303 e. The lowest BCUT2D eigenvalue weighted by Crippen LogP contribution is -2.15. The Balaban J connectivity index is 1.71. The highest BCUT2D eigenvalue weighted by atomic mass is 16.4. The fraction of sp³-hybridized carbons (Fsp3) is 0.410. The van der Waals surface area contributed by atoms with E-state index in [1.165, 1.54) is 5.56 Å². The summed E-state index contributed by atoms with van der Waals surface area (Å²) in [5.74, 6) is -1.34. The summed E-state index contributed by atoms with van der Waals surface area (Å²) in [6, 6.07) is 6.15. The van der Waals surface area contributed by atoms with Crippen LogP contribution < -0.4 is 0 Å². The number of carbonyl (C=O) groups is 1. The van der Waals surface area contributed by atoms with Crippen LogP contribution in [0.15, 0.2) is 24.8 Å². The number of nitrogens with one attached hydrogen (secondary N) is 2. The van der Waals surface area contributed by atoms with Crippen LogP contribution in [-0.4, -0.2) is 45.8 Å². The molecule has 0 unspecified atom stereocenters. The highest BCUT2D eigenvalue weighted by molar-refractivity contribution is 5.96. The molecule has 0 aromatic carbocycles. The van der Waals surface area contributed by atoms with Gasteiger partial charge < -0.3 is 25.3 Å². The van der Waals surface area contributed by atoms with E-state index in [4.69, 9.17) is 9.97 Å². The molecule has 2 atom stereocenters. The van der Waals surface area contributed by atoms with Crippen LogP contribution >= 0.6 is 0 Å². The molecule has 3 aromatic rings. The number of H-pyrrole nitrogens is 2. The molecule has 3 aromatic heterocycles. The Morgan fingerprint density at radius 1 is 0.958 bits per heavy atom. The van der Waals surface area contributed by atoms with Crippen LogP contribution in [0.3, 0.4) is 0 Å². The summed E-state index contributed by atoms with van der Waals surface area (Å²) in [5, 5.41) is 34.4. The highest BCUT2D eigenvalue weighted by Crippen LogP contribution is 2.51. The zero-order valence-electron chi connectivity index (χ0n) is 28.5. The second-order valence-electron chi connectivity index (χ2n) is 13.8. The van der Waals surface area contributed by atoms with Crippen LogP contribution in [0.4, 0.5) is 0 Å². The number of fused-ring (bicyclic) bond motifs is 8. The maximum Gasteiger partial charge on any atom is 0.303 e. The number of nitrogens with zero attached hydrogens (tertiary/aromatic N) is 3. The number of carboxylic acid groups (broad SMARTS) is 1. The largest absolute Gasteiger partial charge is 0.494 e. The van der Waals surface area contributed by atoms with Gasteiger partial charge in [0.2, 0.25) is 11.8 Å². The zero-order chi connectivity index (χ0) is 34.0. The number of aromatic hydroxyl groups is 2. The molecule has 6 heterocycles. The molecule has 1 fully saturated rings. The Morgan fingerprint density at radius 2 is 1.67 bits per heavy atom. The van der Waals surface area contributed by atoms with Crippen molar-refractivity contribution in [3.8, 4) is 23.0 Å². The minimum Gasteiger partial charge on any atom is -0.494 e. The van der Waals surface area contributed by atoms with Crippen LogP contribution in [0.25, 0.3) is 50.3 Å². The summed E-state index contributed by atoms with van der Waals surface area (Å²) >= 11 is 0. The number of aromatic nitrogens is 5.